The van der Waals surface area contributed by atoms with Crippen LogP contribution in [0, 0.1) is 11.6 Å². The largest absolute Gasteiger partial charge is 0.310 e. The first-order valence-electron chi connectivity index (χ1n) is 6.88. The molecule has 0 bridgehead atoms. The van der Waals surface area contributed by atoms with Gasteiger partial charge < -0.3 is 5.32 Å². The van der Waals surface area contributed by atoms with Gasteiger partial charge in [0.1, 0.15) is 11.6 Å². The van der Waals surface area contributed by atoms with E-state index in [0.29, 0.717) is 6.42 Å². The van der Waals surface area contributed by atoms with Gasteiger partial charge in [0.25, 0.3) is 0 Å². The summed E-state index contributed by atoms with van der Waals surface area (Å²) in [6.07, 6.45) is 4.34. The van der Waals surface area contributed by atoms with Crippen LogP contribution in [0.25, 0.3) is 0 Å². The van der Waals surface area contributed by atoms with Gasteiger partial charge >= 0.3 is 0 Å². The van der Waals surface area contributed by atoms with Crippen molar-refractivity contribution in [3.8, 4) is 0 Å². The van der Waals surface area contributed by atoms with Crippen molar-refractivity contribution in [1.82, 2.24) is 10.3 Å². The van der Waals surface area contributed by atoms with Gasteiger partial charge in [0, 0.05) is 16.7 Å². The fourth-order valence-electron chi connectivity index (χ4n) is 2.16. The average molecular weight is 355 g/mol. The molecule has 0 aliphatic carbocycles. The Labute approximate surface area is 131 Å². The molecule has 0 spiro atoms. The van der Waals surface area contributed by atoms with Crippen LogP contribution in [-0.2, 0) is 6.42 Å². The Bertz CT molecular complexity index is 605. The number of nitrogens with zero attached hydrogens (tertiary/aromatic N) is 1. The van der Waals surface area contributed by atoms with Crippen molar-refractivity contribution in [1.29, 1.82) is 0 Å². The molecule has 2 aromatic rings. The highest BCUT2D eigenvalue weighted by atomic mass is 79.9. The van der Waals surface area contributed by atoms with Gasteiger partial charge in [0.2, 0.25) is 0 Å². The minimum atomic E-state index is -0.367. The molecule has 2 rings (SSSR count). The Morgan fingerprint density at radius 1 is 1.19 bits per heavy atom. The highest BCUT2D eigenvalue weighted by molar-refractivity contribution is 9.10. The van der Waals surface area contributed by atoms with Crippen molar-refractivity contribution in [2.45, 2.75) is 25.8 Å². The van der Waals surface area contributed by atoms with Crippen LogP contribution in [0.15, 0.2) is 41.1 Å². The molecule has 112 valence electrons. The normalized spacial score (nSPS) is 12.4. The highest BCUT2D eigenvalue weighted by Gasteiger charge is 2.15. The second kappa shape index (κ2) is 7.61. The lowest BCUT2D eigenvalue weighted by Crippen LogP contribution is -2.24. The van der Waals surface area contributed by atoms with Crippen molar-refractivity contribution < 1.29 is 8.78 Å². The molecule has 0 amide bonds. The zero-order valence-electron chi connectivity index (χ0n) is 11.7. The summed E-state index contributed by atoms with van der Waals surface area (Å²) in [5.41, 5.74) is 1.60. The van der Waals surface area contributed by atoms with Gasteiger partial charge in [-0.15, -0.1) is 0 Å². The van der Waals surface area contributed by atoms with E-state index < -0.39 is 0 Å². The van der Waals surface area contributed by atoms with Crippen molar-refractivity contribution in [2.24, 2.45) is 0 Å². The lowest BCUT2D eigenvalue weighted by Gasteiger charge is -2.19. The molecule has 5 heteroatoms. The van der Waals surface area contributed by atoms with Gasteiger partial charge in [0.15, 0.2) is 0 Å². The summed E-state index contributed by atoms with van der Waals surface area (Å²) < 4.78 is 27.6. The van der Waals surface area contributed by atoms with E-state index in [0.717, 1.165) is 28.6 Å². The van der Waals surface area contributed by atoms with E-state index >= 15 is 0 Å². The van der Waals surface area contributed by atoms with Gasteiger partial charge in [-0.3, -0.25) is 4.98 Å². The van der Waals surface area contributed by atoms with Crippen molar-refractivity contribution >= 4 is 15.9 Å². The van der Waals surface area contributed by atoms with Crippen LogP contribution < -0.4 is 5.32 Å². The predicted octanol–water partition coefficient (Wildman–Crippen LogP) is 4.41. The van der Waals surface area contributed by atoms with Crippen molar-refractivity contribution in [3.05, 3.63) is 63.9 Å². The Morgan fingerprint density at radius 3 is 2.71 bits per heavy atom. The number of nitrogens with one attached hydrogen (secondary N) is 1. The molecule has 1 aromatic carbocycles. The zero-order chi connectivity index (χ0) is 15.2. The minimum absolute atomic E-state index is 0.105. The molecule has 1 heterocycles. The molecule has 1 atom stereocenters. The fraction of sp³-hybridized carbons (Fsp3) is 0.312. The molecule has 1 unspecified atom stereocenters. The molecule has 21 heavy (non-hydrogen) atoms. The topological polar surface area (TPSA) is 24.9 Å². The highest BCUT2D eigenvalue weighted by Crippen LogP contribution is 2.25. The number of halogens is 3. The van der Waals surface area contributed by atoms with E-state index in [1.54, 1.807) is 12.3 Å². The van der Waals surface area contributed by atoms with E-state index in [4.69, 9.17) is 0 Å². The monoisotopic (exact) mass is 354 g/mol. The molecule has 0 saturated carbocycles. The van der Waals surface area contributed by atoms with Gasteiger partial charge in [0.05, 0.1) is 6.20 Å². The van der Waals surface area contributed by atoms with Crippen LogP contribution in [-0.4, -0.2) is 11.5 Å². The van der Waals surface area contributed by atoms with E-state index in [2.05, 4.69) is 33.2 Å². The second-order valence-corrected chi connectivity index (χ2v) is 5.74. The van der Waals surface area contributed by atoms with E-state index in [9.17, 15) is 8.78 Å². The maximum Gasteiger partial charge on any atom is 0.141 e. The lowest BCUT2D eigenvalue weighted by molar-refractivity contribution is 0.519. The number of rotatable bonds is 6. The summed E-state index contributed by atoms with van der Waals surface area (Å²) >= 11 is 3.43. The summed E-state index contributed by atoms with van der Waals surface area (Å²) in [5, 5.41) is 3.36. The number of pyridine rings is 1. The molecule has 1 N–H and O–H groups in total. The first-order chi connectivity index (χ1) is 10.1. The third kappa shape index (κ3) is 4.58. The Morgan fingerprint density at radius 2 is 2.00 bits per heavy atom. The summed E-state index contributed by atoms with van der Waals surface area (Å²) in [7, 11) is 0. The van der Waals surface area contributed by atoms with E-state index in [1.165, 1.54) is 24.4 Å². The molecule has 0 saturated heterocycles. The Balaban J connectivity index is 2.25. The van der Waals surface area contributed by atoms with Crippen molar-refractivity contribution in [3.63, 3.8) is 0 Å². The summed E-state index contributed by atoms with van der Waals surface area (Å²) in [4.78, 5) is 3.89. The van der Waals surface area contributed by atoms with Gasteiger partial charge in [-0.1, -0.05) is 22.9 Å². The predicted molar refractivity (Wildman–Crippen MR) is 83.0 cm³/mol. The molecule has 2 nitrogen and oxygen atoms in total. The lowest BCUT2D eigenvalue weighted by atomic mass is 10.00. The van der Waals surface area contributed by atoms with E-state index in [-0.39, 0.29) is 17.7 Å². The van der Waals surface area contributed by atoms with Crippen molar-refractivity contribution in [2.75, 3.05) is 6.54 Å². The molecule has 1 aromatic heterocycles. The van der Waals surface area contributed by atoms with Crippen LogP contribution in [0.3, 0.4) is 0 Å². The molecular formula is C16H17BrF2N2. The van der Waals surface area contributed by atoms with Crippen LogP contribution in [0.2, 0.25) is 0 Å². The summed E-state index contributed by atoms with van der Waals surface area (Å²) in [6, 6.07) is 5.95. The third-order valence-electron chi connectivity index (χ3n) is 3.20. The number of aromatic nitrogens is 1. The molecule has 0 radical (unpaired) electrons. The smallest absolute Gasteiger partial charge is 0.141 e. The quantitative estimate of drug-likeness (QED) is 0.831. The fourth-order valence-corrected chi connectivity index (χ4v) is 2.57. The summed E-state index contributed by atoms with van der Waals surface area (Å²) in [6.45, 7) is 2.86. The minimum Gasteiger partial charge on any atom is -0.310 e. The van der Waals surface area contributed by atoms with Crippen LogP contribution in [0.1, 0.15) is 30.5 Å². The van der Waals surface area contributed by atoms with Crippen LogP contribution in [0.4, 0.5) is 8.78 Å². The molecular weight excluding hydrogens is 338 g/mol. The van der Waals surface area contributed by atoms with E-state index in [1.807, 2.05) is 0 Å². The number of benzene rings is 1. The summed E-state index contributed by atoms with van der Waals surface area (Å²) in [5.74, 6) is -0.645. The Kier molecular flexibility index (Phi) is 5.82. The van der Waals surface area contributed by atoms with Gasteiger partial charge in [-0.2, -0.15) is 0 Å². The standard InChI is InChI=1S/C16H17BrF2N2/c1-2-5-21-16(12-7-14(19)10-20-9-12)8-11-6-13(18)3-4-15(11)17/h3-4,6-7,9-10,16,21H,2,5,8H2,1H3. The number of hydrogen-bond donors (Lipinski definition) is 1. The molecule has 0 fully saturated rings. The maximum absolute atomic E-state index is 13.4. The van der Waals surface area contributed by atoms with Gasteiger partial charge in [-0.05, 0) is 54.8 Å². The third-order valence-corrected chi connectivity index (χ3v) is 3.97. The first kappa shape index (κ1) is 16.0. The molecule has 0 aliphatic heterocycles. The molecule has 0 aliphatic rings. The maximum atomic E-state index is 13.4. The zero-order valence-corrected chi connectivity index (χ0v) is 13.3. The van der Waals surface area contributed by atoms with Crippen LogP contribution >= 0.6 is 15.9 Å². The van der Waals surface area contributed by atoms with Gasteiger partial charge in [-0.25, -0.2) is 8.78 Å². The second-order valence-electron chi connectivity index (χ2n) is 4.88. The Hall–Kier alpha value is -1.33. The number of hydrogen-bond acceptors (Lipinski definition) is 2. The average Bonchev–Trinajstić information content (AvgIpc) is 2.47. The first-order valence-corrected chi connectivity index (χ1v) is 7.67. The SMILES string of the molecule is CCCNC(Cc1cc(F)ccc1Br)c1cncc(F)c1. The van der Waals surface area contributed by atoms with Crippen LogP contribution in [0.5, 0.6) is 0 Å².